The van der Waals surface area contributed by atoms with Gasteiger partial charge in [0.15, 0.2) is 0 Å². The lowest BCUT2D eigenvalue weighted by molar-refractivity contribution is 0.491. The molecule has 1 nitrogen and oxygen atoms in total. The third-order valence-electron chi connectivity index (χ3n) is 4.53. The molecule has 2 rings (SSSR count). The molecular formula is C16H25N. The van der Waals surface area contributed by atoms with E-state index in [1.165, 1.54) is 24.0 Å². The van der Waals surface area contributed by atoms with Crippen LogP contribution >= 0.6 is 0 Å². The van der Waals surface area contributed by atoms with E-state index in [0.29, 0.717) is 17.3 Å². The van der Waals surface area contributed by atoms with Crippen molar-refractivity contribution in [3.8, 4) is 0 Å². The van der Waals surface area contributed by atoms with Crippen LogP contribution in [0.5, 0.6) is 0 Å². The van der Waals surface area contributed by atoms with Gasteiger partial charge in [0.2, 0.25) is 0 Å². The van der Waals surface area contributed by atoms with Crippen molar-refractivity contribution in [2.75, 3.05) is 0 Å². The second kappa shape index (κ2) is 4.45. The number of nitrogens with two attached hydrogens (primary N) is 1. The van der Waals surface area contributed by atoms with Gasteiger partial charge in [-0.1, -0.05) is 52.0 Å². The Balaban J connectivity index is 2.08. The maximum absolute atomic E-state index is 6.33. The predicted molar refractivity (Wildman–Crippen MR) is 74.0 cm³/mol. The van der Waals surface area contributed by atoms with E-state index in [1.54, 1.807) is 0 Å². The monoisotopic (exact) mass is 231 g/mol. The molecule has 1 heteroatoms. The van der Waals surface area contributed by atoms with Crippen LogP contribution < -0.4 is 5.73 Å². The van der Waals surface area contributed by atoms with Gasteiger partial charge in [0.1, 0.15) is 0 Å². The van der Waals surface area contributed by atoms with Crippen molar-refractivity contribution in [2.45, 2.75) is 52.5 Å². The van der Waals surface area contributed by atoms with Crippen molar-refractivity contribution < 1.29 is 0 Å². The average Bonchev–Trinajstić information content (AvgIpc) is 2.97. The van der Waals surface area contributed by atoms with Crippen LogP contribution in [0.3, 0.4) is 0 Å². The van der Waals surface area contributed by atoms with Gasteiger partial charge >= 0.3 is 0 Å². The van der Waals surface area contributed by atoms with Gasteiger partial charge < -0.3 is 5.73 Å². The Bertz CT molecular complexity index is 377. The minimum atomic E-state index is 0.219. The first-order valence-corrected chi connectivity index (χ1v) is 6.81. The fraction of sp³-hybridized carbons (Fsp3) is 0.625. The Labute approximate surface area is 105 Å². The van der Waals surface area contributed by atoms with Gasteiger partial charge in [-0.05, 0) is 41.2 Å². The molecule has 1 aliphatic rings. The van der Waals surface area contributed by atoms with Crippen LogP contribution in [-0.4, -0.2) is 0 Å². The minimum Gasteiger partial charge on any atom is -0.324 e. The van der Waals surface area contributed by atoms with Gasteiger partial charge in [0.05, 0.1) is 0 Å². The SMILES string of the molecule is CCC(C)c1ccc(C(N)C2CC2(C)C)cc1. The number of hydrogen-bond acceptors (Lipinski definition) is 1. The first-order chi connectivity index (χ1) is 7.95. The number of rotatable bonds is 4. The van der Waals surface area contributed by atoms with Crippen LogP contribution in [-0.2, 0) is 0 Å². The van der Waals surface area contributed by atoms with E-state index < -0.39 is 0 Å². The summed E-state index contributed by atoms with van der Waals surface area (Å²) >= 11 is 0. The number of benzene rings is 1. The summed E-state index contributed by atoms with van der Waals surface area (Å²) in [6.07, 6.45) is 2.46. The van der Waals surface area contributed by atoms with Gasteiger partial charge in [-0.3, -0.25) is 0 Å². The molecular weight excluding hydrogens is 206 g/mol. The summed E-state index contributed by atoms with van der Waals surface area (Å²) in [6.45, 7) is 9.13. The topological polar surface area (TPSA) is 26.0 Å². The summed E-state index contributed by atoms with van der Waals surface area (Å²) in [5.74, 6) is 1.31. The molecule has 94 valence electrons. The van der Waals surface area contributed by atoms with E-state index in [1.807, 2.05) is 0 Å². The normalized spacial score (nSPS) is 25.4. The first-order valence-electron chi connectivity index (χ1n) is 6.81. The molecule has 0 radical (unpaired) electrons. The Hall–Kier alpha value is -0.820. The zero-order chi connectivity index (χ0) is 12.6. The van der Waals surface area contributed by atoms with Gasteiger partial charge in [-0.25, -0.2) is 0 Å². The zero-order valence-electron chi connectivity index (χ0n) is 11.5. The fourth-order valence-corrected chi connectivity index (χ4v) is 2.64. The van der Waals surface area contributed by atoms with Gasteiger partial charge in [0.25, 0.3) is 0 Å². The van der Waals surface area contributed by atoms with Crippen LogP contribution in [0.1, 0.15) is 63.6 Å². The van der Waals surface area contributed by atoms with Crippen molar-refractivity contribution in [2.24, 2.45) is 17.1 Å². The molecule has 0 bridgehead atoms. The molecule has 3 atom stereocenters. The van der Waals surface area contributed by atoms with Crippen molar-refractivity contribution in [1.82, 2.24) is 0 Å². The van der Waals surface area contributed by atoms with E-state index >= 15 is 0 Å². The van der Waals surface area contributed by atoms with Crippen LogP contribution in [0.25, 0.3) is 0 Å². The highest BCUT2D eigenvalue weighted by molar-refractivity contribution is 5.28. The quantitative estimate of drug-likeness (QED) is 0.824. The highest BCUT2D eigenvalue weighted by atomic mass is 14.7. The van der Waals surface area contributed by atoms with Crippen LogP contribution in [0.2, 0.25) is 0 Å². The molecule has 0 saturated heterocycles. The van der Waals surface area contributed by atoms with E-state index in [4.69, 9.17) is 5.73 Å². The maximum atomic E-state index is 6.33. The van der Waals surface area contributed by atoms with Crippen LogP contribution in [0.4, 0.5) is 0 Å². The standard InChI is InChI=1S/C16H25N/c1-5-11(2)12-6-8-13(9-7-12)15(17)14-10-16(14,3)4/h6-9,11,14-15H,5,10,17H2,1-4H3. The third-order valence-corrected chi connectivity index (χ3v) is 4.53. The van der Waals surface area contributed by atoms with Crippen molar-refractivity contribution >= 4 is 0 Å². The lowest BCUT2D eigenvalue weighted by Crippen LogP contribution is -2.15. The summed E-state index contributed by atoms with van der Waals surface area (Å²) in [6, 6.07) is 9.16. The maximum Gasteiger partial charge on any atom is 0.0328 e. The lowest BCUT2D eigenvalue weighted by atomic mass is 9.93. The summed E-state index contributed by atoms with van der Waals surface area (Å²) < 4.78 is 0. The molecule has 0 aromatic heterocycles. The van der Waals surface area contributed by atoms with Gasteiger partial charge in [-0.2, -0.15) is 0 Å². The van der Waals surface area contributed by atoms with E-state index in [0.717, 1.165) is 0 Å². The van der Waals surface area contributed by atoms with E-state index in [-0.39, 0.29) is 6.04 Å². The van der Waals surface area contributed by atoms with Crippen LogP contribution in [0.15, 0.2) is 24.3 Å². The molecule has 0 heterocycles. The van der Waals surface area contributed by atoms with Crippen molar-refractivity contribution in [1.29, 1.82) is 0 Å². The second-order valence-electron chi connectivity index (χ2n) is 6.30. The first kappa shape index (κ1) is 12.6. The highest BCUT2D eigenvalue weighted by Crippen LogP contribution is 2.56. The molecule has 1 saturated carbocycles. The molecule has 1 aliphatic carbocycles. The summed E-state index contributed by atoms with van der Waals surface area (Å²) in [5.41, 5.74) is 9.52. The van der Waals surface area contributed by atoms with E-state index in [2.05, 4.69) is 52.0 Å². The largest absolute Gasteiger partial charge is 0.324 e. The zero-order valence-corrected chi connectivity index (χ0v) is 11.5. The summed E-state index contributed by atoms with van der Waals surface area (Å²) in [4.78, 5) is 0. The molecule has 17 heavy (non-hydrogen) atoms. The molecule has 2 N–H and O–H groups in total. The second-order valence-corrected chi connectivity index (χ2v) is 6.30. The highest BCUT2D eigenvalue weighted by Gasteiger charge is 2.49. The average molecular weight is 231 g/mol. The fourth-order valence-electron chi connectivity index (χ4n) is 2.64. The molecule has 0 amide bonds. The lowest BCUT2D eigenvalue weighted by Gasteiger charge is -2.16. The summed E-state index contributed by atoms with van der Waals surface area (Å²) in [7, 11) is 0. The smallest absolute Gasteiger partial charge is 0.0328 e. The van der Waals surface area contributed by atoms with Crippen LogP contribution in [0, 0.1) is 11.3 Å². The molecule has 1 aromatic carbocycles. The molecule has 1 fully saturated rings. The van der Waals surface area contributed by atoms with Crippen molar-refractivity contribution in [3.05, 3.63) is 35.4 Å². The molecule has 0 aliphatic heterocycles. The molecule has 0 spiro atoms. The van der Waals surface area contributed by atoms with Gasteiger partial charge in [0, 0.05) is 6.04 Å². The Morgan fingerprint density at radius 3 is 2.12 bits per heavy atom. The van der Waals surface area contributed by atoms with Gasteiger partial charge in [-0.15, -0.1) is 0 Å². The Morgan fingerprint density at radius 2 is 1.71 bits per heavy atom. The molecule has 3 unspecified atom stereocenters. The van der Waals surface area contributed by atoms with Crippen molar-refractivity contribution in [3.63, 3.8) is 0 Å². The Kier molecular flexibility index (Phi) is 3.31. The van der Waals surface area contributed by atoms with E-state index in [9.17, 15) is 0 Å². The number of hydrogen-bond donors (Lipinski definition) is 1. The minimum absolute atomic E-state index is 0.219. The summed E-state index contributed by atoms with van der Waals surface area (Å²) in [5, 5.41) is 0. The third kappa shape index (κ3) is 2.55. The Morgan fingerprint density at radius 1 is 1.24 bits per heavy atom. The predicted octanol–water partition coefficient (Wildman–Crippen LogP) is 4.25. The molecule has 1 aromatic rings.